The van der Waals surface area contributed by atoms with Gasteiger partial charge in [-0.15, -0.1) is 0 Å². The van der Waals surface area contributed by atoms with E-state index in [2.05, 4.69) is 16.7 Å². The van der Waals surface area contributed by atoms with Crippen LogP contribution < -0.4 is 10.6 Å². The Hall–Kier alpha value is -2.84. The van der Waals surface area contributed by atoms with E-state index in [1.165, 1.54) is 0 Å². The molecule has 2 aromatic carbocycles. The first-order valence-corrected chi connectivity index (χ1v) is 7.46. The summed E-state index contributed by atoms with van der Waals surface area (Å²) in [6.45, 7) is 0.363. The maximum absolute atomic E-state index is 12.1. The molecule has 5 nitrogen and oxygen atoms in total. The lowest BCUT2D eigenvalue weighted by Crippen LogP contribution is -2.40. The second-order valence-electron chi connectivity index (χ2n) is 5.58. The first-order chi connectivity index (χ1) is 11.2. The molecule has 0 bridgehead atoms. The molecule has 5 heteroatoms. The summed E-state index contributed by atoms with van der Waals surface area (Å²) >= 11 is 0. The second-order valence-corrected chi connectivity index (χ2v) is 5.58. The summed E-state index contributed by atoms with van der Waals surface area (Å²) in [5.74, 6) is 0. The van der Waals surface area contributed by atoms with Crippen molar-refractivity contribution in [2.75, 3.05) is 0 Å². The van der Waals surface area contributed by atoms with Gasteiger partial charge >= 0.3 is 6.03 Å². The van der Waals surface area contributed by atoms with E-state index in [0.29, 0.717) is 18.5 Å². The van der Waals surface area contributed by atoms with E-state index in [1.807, 2.05) is 24.3 Å². The number of nitrogens with one attached hydrogen (secondary N) is 2. The van der Waals surface area contributed by atoms with Crippen LogP contribution in [-0.2, 0) is 13.0 Å². The molecule has 3 rings (SSSR count). The fraction of sp³-hybridized carbons (Fsp3) is 0.222. The molecule has 1 aliphatic carbocycles. The molecular formula is C18H17N3O2. The molecule has 3 N–H and O–H groups in total. The number of carbonyl (C=O) groups excluding carboxylic acids is 1. The van der Waals surface area contributed by atoms with Crippen molar-refractivity contribution >= 4 is 6.03 Å². The number of carbonyl (C=O) groups is 1. The van der Waals surface area contributed by atoms with E-state index in [1.54, 1.807) is 24.3 Å². The predicted molar refractivity (Wildman–Crippen MR) is 85.4 cm³/mol. The van der Waals surface area contributed by atoms with Crippen molar-refractivity contribution in [1.29, 1.82) is 5.26 Å². The Bertz CT molecular complexity index is 750. The topological polar surface area (TPSA) is 85.2 Å². The van der Waals surface area contributed by atoms with Gasteiger partial charge < -0.3 is 15.7 Å². The SMILES string of the molecule is N#Cc1ccc(CNC(=O)NC2c3ccccc3CC2O)cc1. The standard InChI is InChI=1S/C18H17N3O2/c19-10-12-5-7-13(8-6-12)11-20-18(23)21-17-15-4-2-1-3-14(15)9-16(17)22/h1-8,16-17,22H,9,11H2,(H2,20,21,23). The third kappa shape index (κ3) is 3.33. The van der Waals surface area contributed by atoms with Crippen LogP contribution in [0.3, 0.4) is 0 Å². The molecule has 0 radical (unpaired) electrons. The predicted octanol–water partition coefficient (Wildman–Crippen LogP) is 2.02. The Morgan fingerprint density at radius 3 is 2.70 bits per heavy atom. The zero-order chi connectivity index (χ0) is 16.2. The number of hydrogen-bond donors (Lipinski definition) is 3. The average molecular weight is 307 g/mol. The van der Waals surface area contributed by atoms with Gasteiger partial charge in [-0.05, 0) is 28.8 Å². The highest BCUT2D eigenvalue weighted by Crippen LogP contribution is 2.30. The van der Waals surface area contributed by atoms with Crippen molar-refractivity contribution in [2.24, 2.45) is 0 Å². The van der Waals surface area contributed by atoms with Gasteiger partial charge in [-0.1, -0.05) is 36.4 Å². The first-order valence-electron chi connectivity index (χ1n) is 7.46. The van der Waals surface area contributed by atoms with Gasteiger partial charge in [0.15, 0.2) is 0 Å². The van der Waals surface area contributed by atoms with Crippen molar-refractivity contribution in [3.8, 4) is 6.07 Å². The molecule has 1 aliphatic rings. The smallest absolute Gasteiger partial charge is 0.315 e. The Morgan fingerprint density at radius 1 is 1.22 bits per heavy atom. The van der Waals surface area contributed by atoms with E-state index >= 15 is 0 Å². The van der Waals surface area contributed by atoms with Gasteiger partial charge in [-0.25, -0.2) is 4.79 Å². The fourth-order valence-corrected chi connectivity index (χ4v) is 2.82. The minimum absolute atomic E-state index is 0.324. The average Bonchev–Trinajstić information content (AvgIpc) is 2.89. The van der Waals surface area contributed by atoms with Crippen LogP contribution in [0.25, 0.3) is 0 Å². The Morgan fingerprint density at radius 2 is 1.96 bits per heavy atom. The summed E-state index contributed by atoms with van der Waals surface area (Å²) in [6, 6.07) is 16.1. The molecule has 2 unspecified atom stereocenters. The van der Waals surface area contributed by atoms with Crippen molar-refractivity contribution in [2.45, 2.75) is 25.1 Å². The van der Waals surface area contributed by atoms with Crippen molar-refractivity contribution < 1.29 is 9.90 Å². The van der Waals surface area contributed by atoms with E-state index in [-0.39, 0.29) is 12.1 Å². The maximum Gasteiger partial charge on any atom is 0.315 e. The van der Waals surface area contributed by atoms with E-state index in [9.17, 15) is 9.90 Å². The van der Waals surface area contributed by atoms with Crippen molar-refractivity contribution in [3.63, 3.8) is 0 Å². The molecule has 0 saturated carbocycles. The number of fused-ring (bicyclic) bond motifs is 1. The zero-order valence-electron chi connectivity index (χ0n) is 12.5. The summed E-state index contributed by atoms with van der Waals surface area (Å²) in [5, 5.41) is 24.5. The number of rotatable bonds is 3. The van der Waals surface area contributed by atoms with Crippen LogP contribution in [0.2, 0.25) is 0 Å². The van der Waals surface area contributed by atoms with Crippen LogP contribution in [0.4, 0.5) is 4.79 Å². The highest BCUT2D eigenvalue weighted by molar-refractivity contribution is 5.74. The lowest BCUT2D eigenvalue weighted by molar-refractivity contribution is 0.142. The molecule has 0 aliphatic heterocycles. The van der Waals surface area contributed by atoms with Gasteiger partial charge in [0.1, 0.15) is 0 Å². The van der Waals surface area contributed by atoms with Crippen molar-refractivity contribution in [3.05, 3.63) is 70.8 Å². The Kier molecular flexibility index (Phi) is 4.26. The number of benzene rings is 2. The van der Waals surface area contributed by atoms with Crippen LogP contribution in [0.5, 0.6) is 0 Å². The summed E-state index contributed by atoms with van der Waals surface area (Å²) in [5.41, 5.74) is 3.53. The van der Waals surface area contributed by atoms with Gasteiger partial charge in [-0.3, -0.25) is 0 Å². The maximum atomic E-state index is 12.1. The lowest BCUT2D eigenvalue weighted by Gasteiger charge is -2.18. The van der Waals surface area contributed by atoms with Crippen LogP contribution in [0.15, 0.2) is 48.5 Å². The third-order valence-corrected chi connectivity index (χ3v) is 4.03. The molecule has 2 atom stereocenters. The van der Waals surface area contributed by atoms with E-state index < -0.39 is 6.10 Å². The molecule has 0 spiro atoms. The summed E-state index contributed by atoms with van der Waals surface area (Å²) in [4.78, 5) is 12.1. The zero-order valence-corrected chi connectivity index (χ0v) is 12.5. The van der Waals surface area contributed by atoms with Crippen LogP contribution in [-0.4, -0.2) is 17.2 Å². The molecular weight excluding hydrogens is 290 g/mol. The number of nitrogens with zero attached hydrogens (tertiary/aromatic N) is 1. The van der Waals surface area contributed by atoms with Crippen LogP contribution in [0.1, 0.15) is 28.3 Å². The lowest BCUT2D eigenvalue weighted by atomic mass is 10.1. The van der Waals surface area contributed by atoms with Crippen LogP contribution >= 0.6 is 0 Å². The summed E-state index contributed by atoms with van der Waals surface area (Å²) < 4.78 is 0. The van der Waals surface area contributed by atoms with Crippen LogP contribution in [0, 0.1) is 11.3 Å². The van der Waals surface area contributed by atoms with Gasteiger partial charge in [0.2, 0.25) is 0 Å². The van der Waals surface area contributed by atoms with Gasteiger partial charge in [0.05, 0.1) is 23.8 Å². The monoisotopic (exact) mass is 307 g/mol. The molecule has 0 saturated heterocycles. The summed E-state index contributed by atoms with van der Waals surface area (Å²) in [7, 11) is 0. The molecule has 23 heavy (non-hydrogen) atoms. The number of aliphatic hydroxyl groups is 1. The first kappa shape index (κ1) is 15.1. The third-order valence-electron chi connectivity index (χ3n) is 4.03. The quantitative estimate of drug-likeness (QED) is 0.811. The van der Waals surface area contributed by atoms with Crippen molar-refractivity contribution in [1.82, 2.24) is 10.6 Å². The minimum Gasteiger partial charge on any atom is -0.390 e. The molecule has 2 aromatic rings. The normalized spacial score (nSPS) is 18.8. The second kappa shape index (κ2) is 6.51. The highest BCUT2D eigenvalue weighted by Gasteiger charge is 2.31. The number of hydrogen-bond acceptors (Lipinski definition) is 3. The summed E-state index contributed by atoms with van der Waals surface area (Å²) in [6.07, 6.45) is -0.0513. The Labute approximate surface area is 134 Å². The largest absolute Gasteiger partial charge is 0.390 e. The number of nitriles is 1. The molecule has 0 heterocycles. The number of urea groups is 1. The van der Waals surface area contributed by atoms with Gasteiger partial charge in [0, 0.05) is 13.0 Å². The Balaban J connectivity index is 1.58. The van der Waals surface area contributed by atoms with Gasteiger partial charge in [0.25, 0.3) is 0 Å². The van der Waals surface area contributed by atoms with Gasteiger partial charge in [-0.2, -0.15) is 5.26 Å². The van der Waals surface area contributed by atoms with E-state index in [4.69, 9.17) is 5.26 Å². The molecule has 116 valence electrons. The molecule has 0 fully saturated rings. The highest BCUT2D eigenvalue weighted by atomic mass is 16.3. The number of aliphatic hydroxyl groups excluding tert-OH is 1. The van der Waals surface area contributed by atoms with E-state index in [0.717, 1.165) is 16.7 Å². The molecule has 0 aromatic heterocycles. The fourth-order valence-electron chi connectivity index (χ4n) is 2.82. The molecule has 2 amide bonds. The number of amides is 2. The minimum atomic E-state index is -0.604.